The number of aliphatic carboxylic acids is 1. The number of rotatable bonds is 6. The predicted octanol–water partition coefficient (Wildman–Crippen LogP) is 1.97. The minimum absolute atomic E-state index is 0.0935. The molecule has 1 aromatic carbocycles. The van der Waals surface area contributed by atoms with E-state index in [4.69, 9.17) is 9.84 Å². The maximum Gasteiger partial charge on any atom is 0.303 e. The predicted molar refractivity (Wildman–Crippen MR) is 68.4 cm³/mol. The van der Waals surface area contributed by atoms with E-state index in [2.05, 4.69) is 17.4 Å². The zero-order valence-corrected chi connectivity index (χ0v) is 10.3. The molecule has 2 rings (SSSR count). The summed E-state index contributed by atoms with van der Waals surface area (Å²) in [5.41, 5.74) is 1.19. The highest BCUT2D eigenvalue weighted by Crippen LogP contribution is 2.28. The summed E-state index contributed by atoms with van der Waals surface area (Å²) in [6, 6.07) is 10.5. The van der Waals surface area contributed by atoms with Crippen LogP contribution in [0.5, 0.6) is 0 Å². The van der Waals surface area contributed by atoms with Crippen molar-refractivity contribution in [1.29, 1.82) is 0 Å². The maximum absolute atomic E-state index is 10.4. The van der Waals surface area contributed by atoms with Crippen LogP contribution >= 0.6 is 0 Å². The molecule has 98 valence electrons. The van der Waals surface area contributed by atoms with Crippen LogP contribution in [0.4, 0.5) is 0 Å². The summed E-state index contributed by atoms with van der Waals surface area (Å²) in [5.74, 6) is -0.737. The number of hydrogen-bond donors (Lipinski definition) is 2. The quantitative estimate of drug-likeness (QED) is 0.757. The Morgan fingerprint density at radius 2 is 2.17 bits per heavy atom. The normalized spacial score (nSPS) is 23.1. The number of nitrogens with one attached hydrogen (secondary N) is 1. The molecule has 0 spiro atoms. The van der Waals surface area contributed by atoms with Crippen LogP contribution in [0, 0.1) is 0 Å². The van der Waals surface area contributed by atoms with Gasteiger partial charge in [-0.2, -0.15) is 0 Å². The van der Waals surface area contributed by atoms with Crippen LogP contribution in [0.25, 0.3) is 0 Å². The molecule has 0 aromatic heterocycles. The summed E-state index contributed by atoms with van der Waals surface area (Å²) in [7, 11) is 0. The molecule has 1 heterocycles. The maximum atomic E-state index is 10.4. The van der Waals surface area contributed by atoms with Gasteiger partial charge >= 0.3 is 5.97 Å². The lowest BCUT2D eigenvalue weighted by atomic mass is 10.0. The van der Waals surface area contributed by atoms with Gasteiger partial charge in [-0.05, 0) is 24.9 Å². The molecule has 0 amide bonds. The zero-order valence-electron chi connectivity index (χ0n) is 10.3. The minimum atomic E-state index is -0.737. The van der Waals surface area contributed by atoms with Gasteiger partial charge in [-0.1, -0.05) is 30.3 Å². The number of benzene rings is 1. The largest absolute Gasteiger partial charge is 0.481 e. The van der Waals surface area contributed by atoms with Gasteiger partial charge in [0, 0.05) is 19.1 Å². The third kappa shape index (κ3) is 3.55. The highest BCUT2D eigenvalue weighted by molar-refractivity contribution is 5.66. The van der Waals surface area contributed by atoms with Crippen molar-refractivity contribution >= 4 is 5.97 Å². The van der Waals surface area contributed by atoms with Gasteiger partial charge in [0.1, 0.15) is 0 Å². The molecule has 4 nitrogen and oxygen atoms in total. The van der Waals surface area contributed by atoms with Crippen molar-refractivity contribution in [3.8, 4) is 0 Å². The van der Waals surface area contributed by atoms with Crippen molar-refractivity contribution in [2.24, 2.45) is 0 Å². The number of carboxylic acid groups (broad SMARTS) is 1. The zero-order chi connectivity index (χ0) is 12.8. The summed E-state index contributed by atoms with van der Waals surface area (Å²) in [6.45, 7) is 1.49. The first-order valence-electron chi connectivity index (χ1n) is 6.39. The molecule has 1 aromatic rings. The smallest absolute Gasteiger partial charge is 0.303 e. The Morgan fingerprint density at radius 1 is 1.39 bits per heavy atom. The SMILES string of the molecule is O=C(O)CCCNC1CCOC1c1ccccc1. The summed E-state index contributed by atoms with van der Waals surface area (Å²) in [6.07, 6.45) is 1.95. The van der Waals surface area contributed by atoms with Crippen LogP contribution < -0.4 is 5.32 Å². The molecule has 0 aliphatic carbocycles. The lowest BCUT2D eigenvalue weighted by Crippen LogP contribution is -2.32. The van der Waals surface area contributed by atoms with Crippen molar-refractivity contribution in [2.45, 2.75) is 31.4 Å². The first kappa shape index (κ1) is 13.1. The summed E-state index contributed by atoms with van der Waals surface area (Å²) in [4.78, 5) is 10.4. The Balaban J connectivity index is 1.83. The third-order valence-corrected chi connectivity index (χ3v) is 3.19. The third-order valence-electron chi connectivity index (χ3n) is 3.19. The molecule has 2 unspecified atom stereocenters. The van der Waals surface area contributed by atoms with Gasteiger partial charge < -0.3 is 15.2 Å². The molecule has 18 heavy (non-hydrogen) atoms. The van der Waals surface area contributed by atoms with Gasteiger partial charge in [0.2, 0.25) is 0 Å². The molecule has 1 aliphatic rings. The van der Waals surface area contributed by atoms with Gasteiger partial charge in [-0.3, -0.25) is 4.79 Å². The van der Waals surface area contributed by atoms with E-state index in [0.717, 1.165) is 19.6 Å². The fraction of sp³-hybridized carbons (Fsp3) is 0.500. The average molecular weight is 249 g/mol. The van der Waals surface area contributed by atoms with Gasteiger partial charge in [0.05, 0.1) is 6.10 Å². The Bertz CT molecular complexity index is 380. The molecule has 1 aliphatic heterocycles. The summed E-state index contributed by atoms with van der Waals surface area (Å²) in [5, 5.41) is 12.0. The highest BCUT2D eigenvalue weighted by Gasteiger charge is 2.28. The number of hydrogen-bond acceptors (Lipinski definition) is 3. The Hall–Kier alpha value is -1.39. The van der Waals surface area contributed by atoms with Gasteiger partial charge in [0.25, 0.3) is 0 Å². The minimum Gasteiger partial charge on any atom is -0.481 e. The van der Waals surface area contributed by atoms with Crippen LogP contribution in [-0.4, -0.2) is 30.3 Å². The first-order chi connectivity index (χ1) is 8.77. The molecule has 4 heteroatoms. The fourth-order valence-corrected chi connectivity index (χ4v) is 2.30. The lowest BCUT2D eigenvalue weighted by molar-refractivity contribution is -0.137. The molecule has 0 bridgehead atoms. The second-order valence-electron chi connectivity index (χ2n) is 4.55. The number of carboxylic acids is 1. The molecular weight excluding hydrogens is 230 g/mol. The monoisotopic (exact) mass is 249 g/mol. The van der Waals surface area contributed by atoms with E-state index in [0.29, 0.717) is 12.5 Å². The van der Waals surface area contributed by atoms with E-state index in [1.807, 2.05) is 18.2 Å². The number of carbonyl (C=O) groups is 1. The molecule has 2 atom stereocenters. The first-order valence-corrected chi connectivity index (χ1v) is 6.39. The van der Waals surface area contributed by atoms with Crippen molar-refractivity contribution in [2.75, 3.05) is 13.2 Å². The van der Waals surface area contributed by atoms with Crippen LogP contribution in [0.2, 0.25) is 0 Å². The van der Waals surface area contributed by atoms with Gasteiger partial charge in [-0.15, -0.1) is 0 Å². The second kappa shape index (κ2) is 6.52. The molecule has 1 fully saturated rings. The lowest BCUT2D eigenvalue weighted by Gasteiger charge is -2.20. The van der Waals surface area contributed by atoms with Crippen LogP contribution in [0.3, 0.4) is 0 Å². The van der Waals surface area contributed by atoms with Crippen molar-refractivity contribution in [3.63, 3.8) is 0 Å². The Morgan fingerprint density at radius 3 is 2.89 bits per heavy atom. The average Bonchev–Trinajstić information content (AvgIpc) is 2.84. The van der Waals surface area contributed by atoms with E-state index in [9.17, 15) is 4.79 Å². The Kier molecular flexibility index (Phi) is 4.73. The van der Waals surface area contributed by atoms with Crippen LogP contribution in [-0.2, 0) is 9.53 Å². The van der Waals surface area contributed by atoms with E-state index in [1.54, 1.807) is 0 Å². The molecular formula is C14H19NO3. The Labute approximate surface area is 107 Å². The topological polar surface area (TPSA) is 58.6 Å². The molecule has 1 saturated heterocycles. The molecule has 0 saturated carbocycles. The number of ether oxygens (including phenoxy) is 1. The van der Waals surface area contributed by atoms with E-state index in [1.165, 1.54) is 5.56 Å². The molecule has 2 N–H and O–H groups in total. The van der Waals surface area contributed by atoms with E-state index >= 15 is 0 Å². The van der Waals surface area contributed by atoms with E-state index < -0.39 is 5.97 Å². The standard InChI is InChI=1S/C14H19NO3/c16-13(17)7-4-9-15-12-8-10-18-14(12)11-5-2-1-3-6-11/h1-3,5-6,12,14-15H,4,7-10H2,(H,16,17). The van der Waals surface area contributed by atoms with Gasteiger partial charge in [0.15, 0.2) is 0 Å². The summed E-state index contributed by atoms with van der Waals surface area (Å²) < 4.78 is 5.75. The van der Waals surface area contributed by atoms with Crippen molar-refractivity contribution < 1.29 is 14.6 Å². The molecule has 0 radical (unpaired) electrons. The van der Waals surface area contributed by atoms with Gasteiger partial charge in [-0.25, -0.2) is 0 Å². The highest BCUT2D eigenvalue weighted by atomic mass is 16.5. The van der Waals surface area contributed by atoms with E-state index in [-0.39, 0.29) is 12.5 Å². The van der Waals surface area contributed by atoms with Crippen molar-refractivity contribution in [1.82, 2.24) is 5.32 Å². The second-order valence-corrected chi connectivity index (χ2v) is 4.55. The summed E-state index contributed by atoms with van der Waals surface area (Å²) >= 11 is 0. The van der Waals surface area contributed by atoms with Crippen LogP contribution in [0.1, 0.15) is 30.9 Å². The van der Waals surface area contributed by atoms with Crippen molar-refractivity contribution in [3.05, 3.63) is 35.9 Å². The van der Waals surface area contributed by atoms with Crippen LogP contribution in [0.15, 0.2) is 30.3 Å². The fourth-order valence-electron chi connectivity index (χ4n) is 2.30.